The van der Waals surface area contributed by atoms with Crippen LogP contribution < -0.4 is 5.01 Å². The number of benzene rings is 1. The number of aryl methyl sites for hydroxylation is 1. The molecule has 0 amide bonds. The first-order chi connectivity index (χ1) is 9.29. The van der Waals surface area contributed by atoms with Crippen LogP contribution in [0.2, 0.25) is 0 Å². The maximum atomic E-state index is 5.90. The molecular formula is C13H15BrClN3O. The fourth-order valence-corrected chi connectivity index (χ4v) is 2.92. The van der Waals surface area contributed by atoms with Crippen LogP contribution in [0.4, 0.5) is 0 Å². The van der Waals surface area contributed by atoms with Gasteiger partial charge in [-0.05, 0) is 18.2 Å². The summed E-state index contributed by atoms with van der Waals surface area (Å²) in [6, 6.07) is 6.16. The van der Waals surface area contributed by atoms with Gasteiger partial charge in [0.15, 0.2) is 0 Å². The third kappa shape index (κ3) is 2.59. The second-order valence-electron chi connectivity index (χ2n) is 4.48. The van der Waals surface area contributed by atoms with Crippen molar-refractivity contribution in [3.05, 3.63) is 28.5 Å². The SMILES string of the molecule is ClCCc1nc2ccc(Br)cc2n1N1CCOCC1. The molecule has 19 heavy (non-hydrogen) atoms. The standard InChI is InChI=1S/C13H15BrClN3O/c14-10-1-2-11-12(9-10)18(13(16-11)3-4-15)17-5-7-19-8-6-17/h1-2,9H,3-8H2. The van der Waals surface area contributed by atoms with Crippen LogP contribution in [-0.4, -0.2) is 41.8 Å². The Bertz CT molecular complexity index is 581. The van der Waals surface area contributed by atoms with E-state index >= 15 is 0 Å². The summed E-state index contributed by atoms with van der Waals surface area (Å²) in [5.74, 6) is 1.60. The summed E-state index contributed by atoms with van der Waals surface area (Å²) in [7, 11) is 0. The zero-order valence-electron chi connectivity index (χ0n) is 10.5. The lowest BCUT2D eigenvalue weighted by Crippen LogP contribution is -2.44. The topological polar surface area (TPSA) is 30.3 Å². The smallest absolute Gasteiger partial charge is 0.130 e. The van der Waals surface area contributed by atoms with Crippen LogP contribution in [0, 0.1) is 0 Å². The van der Waals surface area contributed by atoms with E-state index in [1.807, 2.05) is 12.1 Å². The van der Waals surface area contributed by atoms with Crippen LogP contribution in [0.1, 0.15) is 5.82 Å². The molecule has 0 spiro atoms. The molecule has 1 aromatic carbocycles. The van der Waals surface area contributed by atoms with E-state index in [0.717, 1.165) is 54.1 Å². The fourth-order valence-electron chi connectivity index (χ4n) is 2.40. The highest BCUT2D eigenvalue weighted by Gasteiger charge is 2.18. The summed E-state index contributed by atoms with van der Waals surface area (Å²) in [5.41, 5.74) is 2.13. The van der Waals surface area contributed by atoms with Crippen molar-refractivity contribution in [3.8, 4) is 0 Å². The Kier molecular flexibility index (Phi) is 3.96. The monoisotopic (exact) mass is 343 g/mol. The Morgan fingerprint density at radius 3 is 2.84 bits per heavy atom. The first-order valence-electron chi connectivity index (χ1n) is 6.35. The largest absolute Gasteiger partial charge is 0.378 e. The highest BCUT2D eigenvalue weighted by Crippen LogP contribution is 2.22. The number of rotatable bonds is 3. The first-order valence-corrected chi connectivity index (χ1v) is 7.68. The summed E-state index contributed by atoms with van der Waals surface area (Å²) in [6.45, 7) is 3.28. The molecule has 0 bridgehead atoms. The molecule has 1 aliphatic heterocycles. The molecule has 1 fully saturated rings. The van der Waals surface area contributed by atoms with Gasteiger partial charge < -0.3 is 9.75 Å². The van der Waals surface area contributed by atoms with Gasteiger partial charge in [-0.25, -0.2) is 9.66 Å². The van der Waals surface area contributed by atoms with E-state index in [1.165, 1.54) is 0 Å². The molecule has 2 aromatic rings. The van der Waals surface area contributed by atoms with Gasteiger partial charge in [-0.15, -0.1) is 11.6 Å². The maximum Gasteiger partial charge on any atom is 0.130 e. The van der Waals surface area contributed by atoms with Gasteiger partial charge in [0.2, 0.25) is 0 Å². The molecule has 0 unspecified atom stereocenters. The van der Waals surface area contributed by atoms with Crippen molar-refractivity contribution < 1.29 is 4.74 Å². The molecule has 2 heterocycles. The molecule has 0 saturated carbocycles. The predicted molar refractivity (Wildman–Crippen MR) is 80.6 cm³/mol. The molecule has 4 nitrogen and oxygen atoms in total. The number of nitrogens with zero attached hydrogens (tertiary/aromatic N) is 3. The van der Waals surface area contributed by atoms with Gasteiger partial charge in [-0.2, -0.15) is 0 Å². The minimum absolute atomic E-state index is 0.578. The van der Waals surface area contributed by atoms with Crippen LogP contribution in [-0.2, 0) is 11.2 Å². The Morgan fingerprint density at radius 2 is 2.11 bits per heavy atom. The van der Waals surface area contributed by atoms with Crippen LogP contribution in [0.3, 0.4) is 0 Å². The number of morpholine rings is 1. The van der Waals surface area contributed by atoms with Gasteiger partial charge in [0.05, 0.1) is 37.3 Å². The highest BCUT2D eigenvalue weighted by molar-refractivity contribution is 9.10. The van der Waals surface area contributed by atoms with E-state index in [2.05, 4.69) is 31.7 Å². The molecule has 1 saturated heterocycles. The predicted octanol–water partition coefficient (Wildman–Crippen LogP) is 2.55. The fraction of sp³-hybridized carbons (Fsp3) is 0.462. The van der Waals surface area contributed by atoms with E-state index in [-0.39, 0.29) is 0 Å². The Hall–Kier alpha value is -0.780. The zero-order valence-corrected chi connectivity index (χ0v) is 12.8. The van der Waals surface area contributed by atoms with Crippen molar-refractivity contribution in [1.29, 1.82) is 0 Å². The van der Waals surface area contributed by atoms with Gasteiger partial charge in [0.1, 0.15) is 5.82 Å². The number of fused-ring (bicyclic) bond motifs is 1. The highest BCUT2D eigenvalue weighted by atomic mass is 79.9. The molecule has 1 aromatic heterocycles. The zero-order chi connectivity index (χ0) is 13.2. The van der Waals surface area contributed by atoms with Gasteiger partial charge in [0.25, 0.3) is 0 Å². The number of aromatic nitrogens is 2. The van der Waals surface area contributed by atoms with Crippen molar-refractivity contribution in [2.75, 3.05) is 37.2 Å². The van der Waals surface area contributed by atoms with Gasteiger partial charge in [-0.3, -0.25) is 0 Å². The van der Waals surface area contributed by atoms with E-state index < -0.39 is 0 Å². The molecule has 102 valence electrons. The van der Waals surface area contributed by atoms with E-state index in [1.54, 1.807) is 0 Å². The molecule has 0 radical (unpaired) electrons. The third-order valence-corrected chi connectivity index (χ3v) is 3.93. The normalized spacial score (nSPS) is 16.2. The molecular weight excluding hydrogens is 330 g/mol. The number of alkyl halides is 1. The van der Waals surface area contributed by atoms with Crippen LogP contribution >= 0.6 is 27.5 Å². The molecule has 1 aliphatic rings. The van der Waals surface area contributed by atoms with Crippen LogP contribution in [0.15, 0.2) is 22.7 Å². The van der Waals surface area contributed by atoms with Crippen LogP contribution in [0.25, 0.3) is 11.0 Å². The first kappa shape index (κ1) is 13.2. The number of hydrogen-bond donors (Lipinski definition) is 0. The number of halogens is 2. The molecule has 0 aliphatic carbocycles. The summed E-state index contributed by atoms with van der Waals surface area (Å²) in [6.07, 6.45) is 0.769. The minimum Gasteiger partial charge on any atom is -0.378 e. The summed E-state index contributed by atoms with van der Waals surface area (Å²) < 4.78 is 8.68. The van der Waals surface area contributed by atoms with Crippen molar-refractivity contribution in [1.82, 2.24) is 9.66 Å². The second-order valence-corrected chi connectivity index (χ2v) is 5.77. The summed E-state index contributed by atoms with van der Waals surface area (Å²) >= 11 is 9.43. The van der Waals surface area contributed by atoms with Gasteiger partial charge in [0, 0.05) is 16.8 Å². The lowest BCUT2D eigenvalue weighted by molar-refractivity contribution is 0.111. The number of ether oxygens (including phenoxy) is 1. The third-order valence-electron chi connectivity index (χ3n) is 3.25. The van der Waals surface area contributed by atoms with Crippen molar-refractivity contribution in [2.24, 2.45) is 0 Å². The van der Waals surface area contributed by atoms with Crippen LogP contribution in [0.5, 0.6) is 0 Å². The average molecular weight is 345 g/mol. The second kappa shape index (κ2) is 5.69. The van der Waals surface area contributed by atoms with Gasteiger partial charge in [-0.1, -0.05) is 15.9 Å². The lowest BCUT2D eigenvalue weighted by atomic mass is 10.3. The average Bonchev–Trinajstić information content (AvgIpc) is 2.77. The lowest BCUT2D eigenvalue weighted by Gasteiger charge is -2.31. The molecule has 0 atom stereocenters. The Labute approximate surface area is 125 Å². The Balaban J connectivity index is 2.11. The van der Waals surface area contributed by atoms with Crippen molar-refractivity contribution in [2.45, 2.75) is 6.42 Å². The maximum absolute atomic E-state index is 5.90. The quantitative estimate of drug-likeness (QED) is 0.802. The van der Waals surface area contributed by atoms with E-state index in [9.17, 15) is 0 Å². The van der Waals surface area contributed by atoms with Crippen molar-refractivity contribution in [3.63, 3.8) is 0 Å². The van der Waals surface area contributed by atoms with E-state index in [0.29, 0.717) is 5.88 Å². The molecule has 3 rings (SSSR count). The number of hydrogen-bond acceptors (Lipinski definition) is 3. The number of imidazole rings is 1. The van der Waals surface area contributed by atoms with E-state index in [4.69, 9.17) is 21.3 Å². The molecule has 6 heteroatoms. The van der Waals surface area contributed by atoms with Gasteiger partial charge >= 0.3 is 0 Å². The molecule has 0 N–H and O–H groups in total. The summed E-state index contributed by atoms with van der Waals surface area (Å²) in [5, 5.41) is 2.28. The Morgan fingerprint density at radius 1 is 1.32 bits per heavy atom. The minimum atomic E-state index is 0.578. The van der Waals surface area contributed by atoms with Crippen molar-refractivity contribution >= 4 is 38.6 Å². The summed E-state index contributed by atoms with van der Waals surface area (Å²) in [4.78, 5) is 4.69.